The zero-order valence-electron chi connectivity index (χ0n) is 5.54. The molecule has 0 aromatic heterocycles. The fourth-order valence-electron chi connectivity index (χ4n) is 0.256. The van der Waals surface area contributed by atoms with Crippen LogP contribution in [-0.4, -0.2) is 93.6 Å². The van der Waals surface area contributed by atoms with Gasteiger partial charge in [0.15, 0.2) is 0 Å². The number of hydrogen-bond acceptors (Lipinski definition) is 5. The van der Waals surface area contributed by atoms with Crippen molar-refractivity contribution in [1.82, 2.24) is 0 Å². The monoisotopic (exact) mass is 230 g/mol. The van der Waals surface area contributed by atoms with Gasteiger partial charge in [0.1, 0.15) is 0 Å². The van der Waals surface area contributed by atoms with Crippen molar-refractivity contribution in [2.45, 2.75) is 13.8 Å². The maximum absolute atomic E-state index is 10.2. The first-order valence-corrected chi connectivity index (χ1v) is 2.43. The summed E-state index contributed by atoms with van der Waals surface area (Å²) in [5.41, 5.74) is 0. The van der Waals surface area contributed by atoms with Crippen LogP contribution in [-0.2, 0) is 19.1 Å². The molecule has 0 rings (SSSR count). The Morgan fingerprint density at radius 3 is 1.25 bits per heavy atom. The summed E-state index contributed by atoms with van der Waals surface area (Å²) in [6.45, 7) is 2.06. The molecule has 0 fully saturated rings. The molecule has 0 bridgehead atoms. The Labute approximate surface area is 129 Å². The average molecular weight is 230 g/mol. The number of hydrogen-bond donors (Lipinski definition) is 0. The predicted octanol–water partition coefficient (Wildman–Crippen LogP) is -1.60. The molecule has 5 nitrogen and oxygen atoms in total. The fraction of sp³-hybridized carbons (Fsp3) is 0.400. The van der Waals surface area contributed by atoms with E-state index in [-0.39, 0.29) is 75.5 Å². The summed E-state index contributed by atoms with van der Waals surface area (Å²) < 4.78 is 7.68. The van der Waals surface area contributed by atoms with Crippen molar-refractivity contribution in [3.8, 4) is 0 Å². The number of esters is 2. The third kappa shape index (κ3) is 13.7. The number of rotatable bonds is 0. The third-order valence-electron chi connectivity index (χ3n) is 0.454. The van der Waals surface area contributed by atoms with Crippen LogP contribution in [0.25, 0.3) is 0 Å². The van der Waals surface area contributed by atoms with Gasteiger partial charge in [0.2, 0.25) is 0 Å². The first-order chi connectivity index (χ1) is 4.52. The summed E-state index contributed by atoms with van der Waals surface area (Å²) in [5, 5.41) is 0. The van der Waals surface area contributed by atoms with Gasteiger partial charge in [-0.3, -0.25) is 9.59 Å². The van der Waals surface area contributed by atoms with Gasteiger partial charge in [-0.25, -0.2) is 4.79 Å². The van der Waals surface area contributed by atoms with E-state index in [2.05, 4.69) is 9.47 Å². The Balaban J connectivity index is -0.000000405. The van der Waals surface area contributed by atoms with Gasteiger partial charge in [-0.1, -0.05) is 0 Å². The van der Waals surface area contributed by atoms with E-state index >= 15 is 0 Å². The fourth-order valence-corrected chi connectivity index (χ4v) is 0.256. The van der Waals surface area contributed by atoms with Crippen LogP contribution in [0, 0.1) is 0 Å². The van der Waals surface area contributed by atoms with Crippen molar-refractivity contribution in [3.63, 3.8) is 0 Å². The second-order valence-electron chi connectivity index (χ2n) is 1.44. The molecular weight excluding hydrogens is 220 g/mol. The molecule has 0 spiro atoms. The molecule has 0 amide bonds. The Hall–Kier alpha value is 1.13. The molecule has 0 aromatic rings. The molecule has 0 N–H and O–H groups in total. The molecular formula is C5H10Ca2O5. The first kappa shape index (κ1) is 18.8. The molecule has 0 radical (unpaired) electrons. The molecule has 0 aliphatic rings. The van der Waals surface area contributed by atoms with Crippen molar-refractivity contribution in [1.29, 1.82) is 0 Å². The van der Waals surface area contributed by atoms with Crippen molar-refractivity contribution in [3.05, 3.63) is 0 Å². The van der Waals surface area contributed by atoms with Gasteiger partial charge in [0, 0.05) is 13.8 Å². The van der Waals surface area contributed by atoms with Crippen molar-refractivity contribution < 1.29 is 23.9 Å². The number of carbonyl (C=O) groups excluding carboxylic acids is 3. The van der Waals surface area contributed by atoms with Crippen LogP contribution in [0.2, 0.25) is 0 Å². The molecule has 0 aliphatic heterocycles. The summed E-state index contributed by atoms with van der Waals surface area (Å²) in [5.74, 6) is -1.63. The minimum absolute atomic E-state index is 0. The van der Waals surface area contributed by atoms with Gasteiger partial charge in [0.05, 0.1) is 0 Å². The molecule has 64 valence electrons. The molecule has 0 heterocycles. The van der Waals surface area contributed by atoms with Crippen LogP contribution < -0.4 is 0 Å². The van der Waals surface area contributed by atoms with Gasteiger partial charge in [-0.2, -0.15) is 0 Å². The van der Waals surface area contributed by atoms with Gasteiger partial charge in [0.25, 0.3) is 0 Å². The predicted molar refractivity (Wildman–Crippen MR) is 46.0 cm³/mol. The Kier molecular flexibility index (Phi) is 16.0. The first-order valence-electron chi connectivity index (χ1n) is 2.43. The van der Waals surface area contributed by atoms with Gasteiger partial charge < -0.3 is 9.47 Å². The van der Waals surface area contributed by atoms with Crippen LogP contribution in [0.15, 0.2) is 0 Å². The van der Waals surface area contributed by atoms with E-state index in [9.17, 15) is 14.4 Å². The summed E-state index contributed by atoms with van der Waals surface area (Å²) in [6.07, 6.45) is -1.29. The van der Waals surface area contributed by atoms with E-state index < -0.39 is 18.1 Å². The zero-order chi connectivity index (χ0) is 8.15. The zero-order valence-corrected chi connectivity index (χ0v) is 5.54. The SMILES string of the molecule is CC(=O)OC(=O)OC(C)=O.[CaH2].[CaH2]. The Bertz CT molecular complexity index is 161. The number of ether oxygens (including phenoxy) is 2. The summed E-state index contributed by atoms with van der Waals surface area (Å²) in [4.78, 5) is 30.2. The van der Waals surface area contributed by atoms with Crippen LogP contribution in [0.3, 0.4) is 0 Å². The van der Waals surface area contributed by atoms with E-state index in [0.29, 0.717) is 0 Å². The van der Waals surface area contributed by atoms with Gasteiger partial charge >= 0.3 is 93.6 Å². The molecule has 0 unspecified atom stereocenters. The Morgan fingerprint density at radius 2 is 1.08 bits per heavy atom. The summed E-state index contributed by atoms with van der Waals surface area (Å²) in [6, 6.07) is 0. The molecule has 12 heavy (non-hydrogen) atoms. The van der Waals surface area contributed by atoms with E-state index in [0.717, 1.165) is 13.8 Å². The molecule has 0 saturated heterocycles. The van der Waals surface area contributed by atoms with E-state index in [4.69, 9.17) is 0 Å². The maximum atomic E-state index is 10.2. The van der Waals surface area contributed by atoms with Crippen molar-refractivity contribution in [2.24, 2.45) is 0 Å². The second-order valence-corrected chi connectivity index (χ2v) is 1.44. The Morgan fingerprint density at radius 1 is 0.833 bits per heavy atom. The minimum atomic E-state index is -1.29. The average Bonchev–Trinajstić information content (AvgIpc) is 1.58. The van der Waals surface area contributed by atoms with Crippen molar-refractivity contribution >= 4 is 93.6 Å². The quantitative estimate of drug-likeness (QED) is 0.285. The standard InChI is InChI=1S/C5H6O5.2Ca.4H/c1-3(6)9-5(8)10-4(2)7;;;;;;/h1-2H3;;;;;;. The topological polar surface area (TPSA) is 69.7 Å². The van der Waals surface area contributed by atoms with E-state index in [1.807, 2.05) is 0 Å². The molecule has 0 aromatic carbocycles. The molecule has 0 atom stereocenters. The van der Waals surface area contributed by atoms with E-state index in [1.165, 1.54) is 0 Å². The van der Waals surface area contributed by atoms with Crippen molar-refractivity contribution in [2.75, 3.05) is 0 Å². The molecule has 0 aliphatic carbocycles. The van der Waals surface area contributed by atoms with Crippen LogP contribution >= 0.6 is 0 Å². The molecule has 0 saturated carbocycles. The normalized spacial score (nSPS) is 6.83. The van der Waals surface area contributed by atoms with Gasteiger partial charge in [-0.05, 0) is 0 Å². The van der Waals surface area contributed by atoms with Gasteiger partial charge in [-0.15, -0.1) is 0 Å². The van der Waals surface area contributed by atoms with E-state index in [1.54, 1.807) is 0 Å². The van der Waals surface area contributed by atoms with Crippen LogP contribution in [0.1, 0.15) is 13.8 Å². The second kappa shape index (κ2) is 10.2. The van der Waals surface area contributed by atoms with Crippen LogP contribution in [0.4, 0.5) is 4.79 Å². The number of carbonyl (C=O) groups is 3. The molecule has 7 heteroatoms. The summed E-state index contributed by atoms with van der Waals surface area (Å²) in [7, 11) is 0. The van der Waals surface area contributed by atoms with Crippen LogP contribution in [0.5, 0.6) is 0 Å². The third-order valence-corrected chi connectivity index (χ3v) is 0.454. The summed E-state index contributed by atoms with van der Waals surface area (Å²) >= 11 is 0.